The molecule has 0 saturated carbocycles. The van der Waals surface area contributed by atoms with Gasteiger partial charge in [0.25, 0.3) is 0 Å². The summed E-state index contributed by atoms with van der Waals surface area (Å²) < 4.78 is 0. The van der Waals surface area contributed by atoms with Crippen LogP contribution in [-0.2, 0) is 0 Å². The minimum atomic E-state index is 0.699. The third kappa shape index (κ3) is 0.741. The third-order valence-electron chi connectivity index (χ3n) is 2.14. The Morgan fingerprint density at radius 2 is 2.44 bits per heavy atom. The molecule has 0 amide bonds. The molecule has 2 N–H and O–H groups in total. The zero-order chi connectivity index (χ0) is 6.27. The molecule has 2 heteroatoms. The van der Waals surface area contributed by atoms with Crippen LogP contribution in [0.5, 0.6) is 0 Å². The minimum Gasteiger partial charge on any atom is -0.384 e. The Hall–Kier alpha value is -0.500. The maximum absolute atomic E-state index is 3.41. The predicted molar refractivity (Wildman–Crippen MR) is 37.0 cm³/mol. The van der Waals surface area contributed by atoms with E-state index in [-0.39, 0.29) is 0 Å². The van der Waals surface area contributed by atoms with Crippen LogP contribution in [0.1, 0.15) is 6.92 Å². The molecule has 0 aromatic rings. The quantitative estimate of drug-likeness (QED) is 0.478. The molecule has 2 heterocycles. The third-order valence-corrected chi connectivity index (χ3v) is 2.14. The molecule has 0 aliphatic carbocycles. The fraction of sp³-hybridized carbons (Fsp3) is 0.714. The maximum Gasteiger partial charge on any atom is 0.0458 e. The van der Waals surface area contributed by atoms with Crippen molar-refractivity contribution in [2.24, 2.45) is 5.92 Å². The fourth-order valence-corrected chi connectivity index (χ4v) is 1.69. The van der Waals surface area contributed by atoms with Gasteiger partial charge < -0.3 is 10.6 Å². The van der Waals surface area contributed by atoms with Gasteiger partial charge in [-0.1, -0.05) is 6.08 Å². The van der Waals surface area contributed by atoms with Crippen molar-refractivity contribution in [2.45, 2.75) is 13.0 Å². The standard InChI is InChI=1S/C7H12N2/c1-5-2-6-3-8-4-7(6)9-5/h2,6-9H,3-4H2,1H3. The highest BCUT2D eigenvalue weighted by atomic mass is 15.1. The summed E-state index contributed by atoms with van der Waals surface area (Å²) in [6, 6.07) is 0.699. The molecule has 2 atom stereocenters. The van der Waals surface area contributed by atoms with E-state index in [4.69, 9.17) is 0 Å². The van der Waals surface area contributed by atoms with E-state index in [2.05, 4.69) is 23.6 Å². The number of hydrogen-bond acceptors (Lipinski definition) is 2. The van der Waals surface area contributed by atoms with E-state index < -0.39 is 0 Å². The van der Waals surface area contributed by atoms with Crippen LogP contribution < -0.4 is 10.6 Å². The molecule has 1 saturated heterocycles. The van der Waals surface area contributed by atoms with Crippen molar-refractivity contribution < 1.29 is 0 Å². The van der Waals surface area contributed by atoms with Gasteiger partial charge >= 0.3 is 0 Å². The van der Waals surface area contributed by atoms with Crippen molar-refractivity contribution >= 4 is 0 Å². The lowest BCUT2D eigenvalue weighted by Gasteiger charge is -2.07. The summed E-state index contributed by atoms with van der Waals surface area (Å²) in [5.74, 6) is 0.769. The summed E-state index contributed by atoms with van der Waals surface area (Å²) in [6.45, 7) is 4.44. The van der Waals surface area contributed by atoms with Crippen LogP contribution in [0.4, 0.5) is 0 Å². The number of hydrogen-bond donors (Lipinski definition) is 2. The topological polar surface area (TPSA) is 24.1 Å². The van der Waals surface area contributed by atoms with Crippen molar-refractivity contribution in [3.8, 4) is 0 Å². The van der Waals surface area contributed by atoms with Crippen molar-refractivity contribution in [1.29, 1.82) is 0 Å². The first-order valence-corrected chi connectivity index (χ1v) is 3.52. The van der Waals surface area contributed by atoms with Gasteiger partial charge in [0.05, 0.1) is 0 Å². The summed E-state index contributed by atoms with van der Waals surface area (Å²) in [5.41, 5.74) is 1.35. The fourth-order valence-electron chi connectivity index (χ4n) is 1.69. The molecule has 2 rings (SSSR count). The van der Waals surface area contributed by atoms with Gasteiger partial charge in [0.1, 0.15) is 0 Å². The van der Waals surface area contributed by atoms with E-state index in [1.807, 2.05) is 0 Å². The first-order valence-electron chi connectivity index (χ1n) is 3.52. The Kier molecular flexibility index (Phi) is 1.02. The van der Waals surface area contributed by atoms with Gasteiger partial charge in [0.15, 0.2) is 0 Å². The lowest BCUT2D eigenvalue weighted by atomic mass is 10.1. The van der Waals surface area contributed by atoms with Crippen LogP contribution in [0.2, 0.25) is 0 Å². The van der Waals surface area contributed by atoms with E-state index in [1.54, 1.807) is 0 Å². The summed E-state index contributed by atoms with van der Waals surface area (Å²) >= 11 is 0. The van der Waals surface area contributed by atoms with Gasteiger partial charge in [-0.15, -0.1) is 0 Å². The second-order valence-corrected chi connectivity index (χ2v) is 2.92. The average Bonchev–Trinajstić information content (AvgIpc) is 2.22. The Morgan fingerprint density at radius 3 is 3.22 bits per heavy atom. The van der Waals surface area contributed by atoms with E-state index in [1.165, 1.54) is 5.70 Å². The summed E-state index contributed by atoms with van der Waals surface area (Å²) in [5, 5.41) is 6.75. The van der Waals surface area contributed by atoms with E-state index in [0.717, 1.165) is 19.0 Å². The van der Waals surface area contributed by atoms with E-state index in [0.29, 0.717) is 6.04 Å². The number of nitrogens with one attached hydrogen (secondary N) is 2. The lowest BCUT2D eigenvalue weighted by Crippen LogP contribution is -2.28. The number of fused-ring (bicyclic) bond motifs is 1. The van der Waals surface area contributed by atoms with Crippen LogP contribution in [0, 0.1) is 5.92 Å². The highest BCUT2D eigenvalue weighted by Crippen LogP contribution is 2.18. The molecule has 2 aliphatic rings. The molecule has 9 heavy (non-hydrogen) atoms. The zero-order valence-electron chi connectivity index (χ0n) is 5.65. The van der Waals surface area contributed by atoms with Gasteiger partial charge in [-0.05, 0) is 6.92 Å². The van der Waals surface area contributed by atoms with Gasteiger partial charge in [-0.25, -0.2) is 0 Å². The second kappa shape index (κ2) is 1.74. The lowest BCUT2D eigenvalue weighted by molar-refractivity contribution is 0.583. The molecule has 0 radical (unpaired) electrons. The molecule has 2 unspecified atom stereocenters. The Balaban J connectivity index is 2.13. The largest absolute Gasteiger partial charge is 0.384 e. The molecule has 0 aromatic heterocycles. The molecule has 1 fully saturated rings. The van der Waals surface area contributed by atoms with Crippen molar-refractivity contribution in [2.75, 3.05) is 13.1 Å². The molecule has 0 aromatic carbocycles. The van der Waals surface area contributed by atoms with Crippen LogP contribution in [0.15, 0.2) is 11.8 Å². The van der Waals surface area contributed by atoms with Crippen LogP contribution in [0.3, 0.4) is 0 Å². The van der Waals surface area contributed by atoms with Gasteiger partial charge in [-0.3, -0.25) is 0 Å². The normalized spacial score (nSPS) is 39.9. The minimum absolute atomic E-state index is 0.699. The number of allylic oxidation sites excluding steroid dienone is 1. The Bertz CT molecular complexity index is 151. The van der Waals surface area contributed by atoms with Gasteiger partial charge in [0, 0.05) is 30.7 Å². The molecule has 0 bridgehead atoms. The molecular formula is C7H12N2. The van der Waals surface area contributed by atoms with Crippen LogP contribution in [-0.4, -0.2) is 19.1 Å². The highest BCUT2D eigenvalue weighted by molar-refractivity contribution is 5.14. The Labute approximate surface area is 55.3 Å². The van der Waals surface area contributed by atoms with Gasteiger partial charge in [0.2, 0.25) is 0 Å². The predicted octanol–water partition coefficient (Wildman–Crippen LogP) is 0.0814. The maximum atomic E-state index is 3.41. The highest BCUT2D eigenvalue weighted by Gasteiger charge is 2.29. The van der Waals surface area contributed by atoms with Crippen LogP contribution in [0.25, 0.3) is 0 Å². The van der Waals surface area contributed by atoms with Crippen molar-refractivity contribution in [3.63, 3.8) is 0 Å². The molecule has 2 nitrogen and oxygen atoms in total. The molecular weight excluding hydrogens is 112 g/mol. The van der Waals surface area contributed by atoms with E-state index in [9.17, 15) is 0 Å². The monoisotopic (exact) mass is 124 g/mol. The summed E-state index contributed by atoms with van der Waals surface area (Å²) in [6.07, 6.45) is 2.32. The first kappa shape index (κ1) is 5.30. The first-order chi connectivity index (χ1) is 4.36. The van der Waals surface area contributed by atoms with Gasteiger partial charge in [-0.2, -0.15) is 0 Å². The van der Waals surface area contributed by atoms with Crippen molar-refractivity contribution in [1.82, 2.24) is 10.6 Å². The van der Waals surface area contributed by atoms with Crippen molar-refractivity contribution in [3.05, 3.63) is 11.8 Å². The average molecular weight is 124 g/mol. The summed E-state index contributed by atoms with van der Waals surface area (Å²) in [4.78, 5) is 0. The van der Waals surface area contributed by atoms with Crippen LogP contribution >= 0.6 is 0 Å². The zero-order valence-corrected chi connectivity index (χ0v) is 5.65. The molecule has 2 aliphatic heterocycles. The summed E-state index contributed by atoms with van der Waals surface area (Å²) in [7, 11) is 0. The SMILES string of the molecule is CC1=CC2CNCC2N1. The van der Waals surface area contributed by atoms with E-state index >= 15 is 0 Å². The Morgan fingerprint density at radius 1 is 1.56 bits per heavy atom. The number of rotatable bonds is 0. The second-order valence-electron chi connectivity index (χ2n) is 2.92. The molecule has 0 spiro atoms. The molecule has 50 valence electrons. The smallest absolute Gasteiger partial charge is 0.0458 e.